The highest BCUT2D eigenvalue weighted by molar-refractivity contribution is 5.37. The Morgan fingerprint density at radius 3 is 2.10 bits per heavy atom. The average molecular weight is 136 g/mol. The Morgan fingerprint density at radius 1 is 1.10 bits per heavy atom. The highest BCUT2D eigenvalue weighted by Crippen LogP contribution is 2.29. The highest BCUT2D eigenvalue weighted by atomic mass is 15.4. The van der Waals surface area contributed by atoms with E-state index in [1.54, 1.807) is 0 Å². The summed E-state index contributed by atoms with van der Waals surface area (Å²) in [6, 6.07) is 0. The van der Waals surface area contributed by atoms with Crippen LogP contribution in [0, 0.1) is 0 Å². The maximum atomic E-state index is 2.28. The van der Waals surface area contributed by atoms with Gasteiger partial charge in [-0.2, -0.15) is 0 Å². The van der Waals surface area contributed by atoms with Crippen molar-refractivity contribution in [3.63, 3.8) is 0 Å². The summed E-state index contributed by atoms with van der Waals surface area (Å²) in [5.74, 6) is 0. The van der Waals surface area contributed by atoms with Gasteiger partial charge in [-0.3, -0.25) is 0 Å². The number of allylic oxidation sites excluding steroid dienone is 2. The lowest BCUT2D eigenvalue weighted by molar-refractivity contribution is 0.343. The van der Waals surface area contributed by atoms with Gasteiger partial charge < -0.3 is 9.80 Å². The van der Waals surface area contributed by atoms with Crippen LogP contribution in [0.5, 0.6) is 0 Å². The van der Waals surface area contributed by atoms with Gasteiger partial charge in [0.2, 0.25) is 0 Å². The van der Waals surface area contributed by atoms with E-state index < -0.39 is 0 Å². The maximum absolute atomic E-state index is 2.28. The maximum Gasteiger partial charge on any atom is 0.0898 e. The first-order chi connectivity index (χ1) is 4.79. The van der Waals surface area contributed by atoms with Gasteiger partial charge in [0.05, 0.1) is 18.1 Å². The van der Waals surface area contributed by atoms with E-state index in [-0.39, 0.29) is 0 Å². The van der Waals surface area contributed by atoms with Crippen LogP contribution in [0.15, 0.2) is 23.5 Å². The molecule has 0 unspecified atom stereocenters. The quantitative estimate of drug-likeness (QED) is 0.490. The van der Waals surface area contributed by atoms with E-state index in [2.05, 4.69) is 36.0 Å². The minimum atomic E-state index is 1.04. The molecule has 0 atom stereocenters. The molecule has 10 heavy (non-hydrogen) atoms. The molecule has 1 saturated heterocycles. The van der Waals surface area contributed by atoms with Gasteiger partial charge in [0.1, 0.15) is 0 Å². The van der Waals surface area contributed by atoms with Crippen molar-refractivity contribution in [3.8, 4) is 0 Å². The minimum absolute atomic E-state index is 1.04. The van der Waals surface area contributed by atoms with Crippen molar-refractivity contribution in [2.45, 2.75) is 6.42 Å². The van der Waals surface area contributed by atoms with Crippen molar-refractivity contribution in [2.24, 2.45) is 0 Å². The molecule has 0 bridgehead atoms. The third kappa shape index (κ3) is 0.589. The van der Waals surface area contributed by atoms with E-state index in [1.165, 1.54) is 11.4 Å². The molecular formula is C8H12N2. The van der Waals surface area contributed by atoms with Gasteiger partial charge in [0.25, 0.3) is 0 Å². The van der Waals surface area contributed by atoms with Gasteiger partial charge in [0.15, 0.2) is 0 Å². The van der Waals surface area contributed by atoms with Crippen LogP contribution in [-0.4, -0.2) is 30.6 Å². The molecule has 2 heteroatoms. The van der Waals surface area contributed by atoms with E-state index in [9.17, 15) is 0 Å². The molecule has 0 N–H and O–H groups in total. The smallest absolute Gasteiger partial charge is 0.0898 e. The van der Waals surface area contributed by atoms with Crippen molar-refractivity contribution in [1.29, 1.82) is 0 Å². The summed E-state index contributed by atoms with van der Waals surface area (Å²) >= 11 is 0. The van der Waals surface area contributed by atoms with Crippen LogP contribution in [0.1, 0.15) is 6.42 Å². The van der Waals surface area contributed by atoms with Crippen LogP contribution in [-0.2, 0) is 0 Å². The average Bonchev–Trinajstić information content (AvgIpc) is 2.39. The molecule has 1 aliphatic carbocycles. The number of fused-ring (bicyclic) bond motifs is 1. The predicted molar refractivity (Wildman–Crippen MR) is 41.2 cm³/mol. The highest BCUT2D eigenvalue weighted by Gasteiger charge is 2.24. The topological polar surface area (TPSA) is 6.48 Å². The zero-order chi connectivity index (χ0) is 7.14. The fourth-order valence-corrected chi connectivity index (χ4v) is 1.66. The van der Waals surface area contributed by atoms with Gasteiger partial charge in [-0.1, -0.05) is 12.2 Å². The lowest BCUT2D eigenvalue weighted by atomic mass is 10.4. The number of hydrogen-bond acceptors (Lipinski definition) is 2. The molecule has 1 heterocycles. The summed E-state index contributed by atoms with van der Waals surface area (Å²) in [7, 11) is 4.27. The van der Waals surface area contributed by atoms with Crippen molar-refractivity contribution < 1.29 is 0 Å². The fraction of sp³-hybridized carbons (Fsp3) is 0.500. The Hall–Kier alpha value is -0.920. The molecule has 0 spiro atoms. The van der Waals surface area contributed by atoms with Crippen LogP contribution < -0.4 is 0 Å². The minimum Gasteiger partial charge on any atom is -0.356 e. The number of likely N-dealkylation sites (N-methyl/N-ethyl adjacent to an activating group) is 2. The second-order valence-electron chi connectivity index (χ2n) is 2.95. The zero-order valence-corrected chi connectivity index (χ0v) is 6.46. The number of hydrogen-bond donors (Lipinski definition) is 0. The second kappa shape index (κ2) is 1.78. The third-order valence-electron chi connectivity index (χ3n) is 2.13. The molecule has 0 amide bonds. The van der Waals surface area contributed by atoms with E-state index >= 15 is 0 Å². The summed E-state index contributed by atoms with van der Waals surface area (Å²) in [6.45, 7) is 1.04. The summed E-state index contributed by atoms with van der Waals surface area (Å²) < 4.78 is 0. The zero-order valence-electron chi connectivity index (χ0n) is 6.46. The van der Waals surface area contributed by atoms with Gasteiger partial charge in [-0.15, -0.1) is 0 Å². The first kappa shape index (κ1) is 5.83. The van der Waals surface area contributed by atoms with Crippen molar-refractivity contribution in [2.75, 3.05) is 20.8 Å². The molecule has 0 radical (unpaired) electrons. The second-order valence-corrected chi connectivity index (χ2v) is 2.95. The Kier molecular flexibility index (Phi) is 1.04. The van der Waals surface area contributed by atoms with Crippen molar-refractivity contribution in [1.82, 2.24) is 9.80 Å². The Balaban J connectivity index is 2.36. The number of rotatable bonds is 0. The SMILES string of the molecule is CN1CN(C)C2=CCC=C21. The lowest BCUT2D eigenvalue weighted by Crippen LogP contribution is -2.17. The molecule has 0 aromatic rings. The molecule has 54 valence electrons. The molecule has 1 fully saturated rings. The third-order valence-corrected chi connectivity index (χ3v) is 2.13. The monoisotopic (exact) mass is 136 g/mol. The van der Waals surface area contributed by atoms with E-state index in [1.807, 2.05) is 0 Å². The van der Waals surface area contributed by atoms with Gasteiger partial charge in [0, 0.05) is 14.1 Å². The number of nitrogens with zero attached hydrogens (tertiary/aromatic N) is 2. The van der Waals surface area contributed by atoms with Crippen LogP contribution >= 0.6 is 0 Å². The summed E-state index contributed by atoms with van der Waals surface area (Å²) in [6.07, 6.45) is 5.66. The van der Waals surface area contributed by atoms with Gasteiger partial charge >= 0.3 is 0 Å². The standard InChI is InChI=1S/C8H12N2/c1-9-6-10(2)8-5-3-4-7(8)9/h4-5H,3,6H2,1-2H3. The summed E-state index contributed by atoms with van der Waals surface area (Å²) in [5.41, 5.74) is 2.81. The lowest BCUT2D eigenvalue weighted by Gasteiger charge is -2.11. The summed E-state index contributed by atoms with van der Waals surface area (Å²) in [4.78, 5) is 4.55. The molecule has 0 saturated carbocycles. The Labute approximate surface area is 61.4 Å². The summed E-state index contributed by atoms with van der Waals surface area (Å²) in [5, 5.41) is 0. The van der Waals surface area contributed by atoms with Crippen LogP contribution in [0.25, 0.3) is 0 Å². The fourth-order valence-electron chi connectivity index (χ4n) is 1.66. The molecule has 2 nitrogen and oxygen atoms in total. The largest absolute Gasteiger partial charge is 0.356 e. The Bertz CT molecular complexity index is 193. The molecule has 0 aromatic heterocycles. The molecule has 1 aliphatic heterocycles. The van der Waals surface area contributed by atoms with Crippen molar-refractivity contribution >= 4 is 0 Å². The van der Waals surface area contributed by atoms with Crippen LogP contribution in [0.2, 0.25) is 0 Å². The van der Waals surface area contributed by atoms with Crippen LogP contribution in [0.3, 0.4) is 0 Å². The van der Waals surface area contributed by atoms with E-state index in [0.717, 1.165) is 13.1 Å². The first-order valence-corrected chi connectivity index (χ1v) is 3.62. The molecule has 2 aliphatic rings. The molecule has 0 aromatic carbocycles. The van der Waals surface area contributed by atoms with Crippen LogP contribution in [0.4, 0.5) is 0 Å². The first-order valence-electron chi connectivity index (χ1n) is 3.62. The molecular weight excluding hydrogens is 124 g/mol. The molecule has 2 rings (SSSR count). The van der Waals surface area contributed by atoms with Gasteiger partial charge in [-0.25, -0.2) is 0 Å². The van der Waals surface area contributed by atoms with E-state index in [0.29, 0.717) is 0 Å². The Morgan fingerprint density at radius 2 is 1.60 bits per heavy atom. The van der Waals surface area contributed by atoms with E-state index in [4.69, 9.17) is 0 Å². The normalized spacial score (nSPS) is 23.0. The van der Waals surface area contributed by atoms with Gasteiger partial charge in [-0.05, 0) is 6.42 Å². The van der Waals surface area contributed by atoms with Crippen molar-refractivity contribution in [3.05, 3.63) is 23.5 Å². The predicted octanol–water partition coefficient (Wildman–Crippen LogP) is 0.993.